The second-order valence-corrected chi connectivity index (χ2v) is 6.19. The third-order valence-corrected chi connectivity index (χ3v) is 4.34. The van der Waals surface area contributed by atoms with Crippen molar-refractivity contribution in [3.05, 3.63) is 0 Å². The maximum atomic E-state index is 12.3. The summed E-state index contributed by atoms with van der Waals surface area (Å²) in [6.07, 6.45) is 1.72. The first-order chi connectivity index (χ1) is 9.89. The van der Waals surface area contributed by atoms with E-state index in [2.05, 4.69) is 5.32 Å². The molecule has 1 aliphatic heterocycles. The summed E-state index contributed by atoms with van der Waals surface area (Å²) >= 11 is 0. The van der Waals surface area contributed by atoms with Crippen LogP contribution in [0.15, 0.2) is 0 Å². The van der Waals surface area contributed by atoms with Crippen molar-refractivity contribution >= 4 is 11.8 Å². The monoisotopic (exact) mass is 300 g/mol. The zero-order valence-corrected chi connectivity index (χ0v) is 13.3. The molecule has 0 radical (unpaired) electrons. The molecule has 0 saturated carbocycles. The van der Waals surface area contributed by atoms with Gasteiger partial charge in [0.15, 0.2) is 0 Å². The van der Waals surface area contributed by atoms with E-state index >= 15 is 0 Å². The minimum absolute atomic E-state index is 0.0214. The molecule has 0 aromatic carbocycles. The fourth-order valence-corrected chi connectivity index (χ4v) is 2.53. The summed E-state index contributed by atoms with van der Waals surface area (Å²) in [7, 11) is 0. The van der Waals surface area contributed by atoms with Gasteiger partial charge in [-0.25, -0.2) is 0 Å². The van der Waals surface area contributed by atoms with Crippen molar-refractivity contribution in [1.82, 2.24) is 10.2 Å². The molecule has 1 fully saturated rings. The van der Waals surface area contributed by atoms with Gasteiger partial charge in [-0.15, -0.1) is 0 Å². The van der Waals surface area contributed by atoms with Crippen LogP contribution in [0.2, 0.25) is 0 Å². The number of carbonyl (C=O) groups excluding carboxylic acids is 2. The third-order valence-electron chi connectivity index (χ3n) is 4.34. The summed E-state index contributed by atoms with van der Waals surface area (Å²) in [6.45, 7) is 6.18. The van der Waals surface area contributed by atoms with Crippen molar-refractivity contribution in [2.24, 2.45) is 11.8 Å². The second-order valence-electron chi connectivity index (χ2n) is 6.19. The van der Waals surface area contributed by atoms with Crippen LogP contribution in [-0.2, 0) is 9.59 Å². The first kappa shape index (κ1) is 17.9. The first-order valence-electron chi connectivity index (χ1n) is 7.71. The molecule has 1 rings (SSSR count). The molecule has 0 atom stereocenters. The van der Waals surface area contributed by atoms with Crippen LogP contribution < -0.4 is 5.32 Å². The Balaban J connectivity index is 2.54. The minimum atomic E-state index is -0.942. The van der Waals surface area contributed by atoms with Crippen LogP contribution in [-0.4, -0.2) is 58.8 Å². The molecule has 0 spiro atoms. The second kappa shape index (κ2) is 7.75. The number of likely N-dealkylation sites (tertiary alicyclic amines) is 1. The standard InChI is InChI=1S/C15H28N2O4/c1-4-15(9-18,10-19)16-13(20)12-5-7-17(8-6-12)14(21)11(2)3/h11-12,18-19H,4-10H2,1-3H3,(H,16,20). The molecule has 0 aromatic rings. The number of aliphatic hydroxyl groups excluding tert-OH is 2. The van der Waals surface area contributed by atoms with Crippen molar-refractivity contribution in [3.8, 4) is 0 Å². The number of piperidine rings is 1. The van der Waals surface area contributed by atoms with E-state index in [4.69, 9.17) is 0 Å². The number of amides is 2. The van der Waals surface area contributed by atoms with Gasteiger partial charge in [0.2, 0.25) is 11.8 Å². The van der Waals surface area contributed by atoms with Gasteiger partial charge >= 0.3 is 0 Å². The van der Waals surface area contributed by atoms with E-state index in [0.29, 0.717) is 32.4 Å². The van der Waals surface area contributed by atoms with Crippen molar-refractivity contribution in [2.75, 3.05) is 26.3 Å². The predicted molar refractivity (Wildman–Crippen MR) is 79.5 cm³/mol. The highest BCUT2D eigenvalue weighted by Crippen LogP contribution is 2.20. The van der Waals surface area contributed by atoms with Gasteiger partial charge in [-0.05, 0) is 19.3 Å². The van der Waals surface area contributed by atoms with E-state index in [1.54, 1.807) is 4.90 Å². The fraction of sp³-hybridized carbons (Fsp3) is 0.867. The van der Waals surface area contributed by atoms with Crippen molar-refractivity contribution in [3.63, 3.8) is 0 Å². The summed E-state index contributed by atoms with van der Waals surface area (Å²) in [6, 6.07) is 0. The van der Waals surface area contributed by atoms with E-state index in [9.17, 15) is 19.8 Å². The van der Waals surface area contributed by atoms with Gasteiger partial charge in [0, 0.05) is 24.9 Å². The number of hydrogen-bond acceptors (Lipinski definition) is 4. The lowest BCUT2D eigenvalue weighted by molar-refractivity contribution is -0.139. The van der Waals surface area contributed by atoms with Crippen LogP contribution >= 0.6 is 0 Å². The van der Waals surface area contributed by atoms with E-state index < -0.39 is 5.54 Å². The largest absolute Gasteiger partial charge is 0.394 e. The molecule has 2 amide bonds. The molecule has 0 bridgehead atoms. The molecule has 0 unspecified atom stereocenters. The molecule has 1 heterocycles. The third kappa shape index (κ3) is 4.41. The topological polar surface area (TPSA) is 89.9 Å². The smallest absolute Gasteiger partial charge is 0.225 e. The number of aliphatic hydroxyl groups is 2. The average Bonchev–Trinajstić information content (AvgIpc) is 2.52. The molecule has 1 saturated heterocycles. The van der Waals surface area contributed by atoms with Gasteiger partial charge in [0.05, 0.1) is 18.8 Å². The summed E-state index contributed by atoms with van der Waals surface area (Å²) in [4.78, 5) is 26.0. The van der Waals surface area contributed by atoms with Gasteiger partial charge in [0.1, 0.15) is 0 Å². The molecule has 6 heteroatoms. The maximum Gasteiger partial charge on any atom is 0.225 e. The molecule has 122 valence electrons. The molecular weight excluding hydrogens is 272 g/mol. The number of nitrogens with one attached hydrogen (secondary N) is 1. The summed E-state index contributed by atoms with van der Waals surface area (Å²) in [5.74, 6) is -0.198. The highest BCUT2D eigenvalue weighted by molar-refractivity contribution is 5.81. The number of rotatable bonds is 6. The minimum Gasteiger partial charge on any atom is -0.394 e. The highest BCUT2D eigenvalue weighted by atomic mass is 16.3. The summed E-state index contributed by atoms with van der Waals surface area (Å²) in [5, 5.41) is 21.5. The van der Waals surface area contributed by atoms with E-state index in [1.165, 1.54) is 0 Å². The SMILES string of the molecule is CCC(CO)(CO)NC(=O)C1CCN(C(=O)C(C)C)CC1. The molecule has 3 N–H and O–H groups in total. The lowest BCUT2D eigenvalue weighted by atomic mass is 9.92. The van der Waals surface area contributed by atoms with E-state index in [-0.39, 0.29) is 36.9 Å². The van der Waals surface area contributed by atoms with E-state index in [0.717, 1.165) is 0 Å². The summed E-state index contributed by atoms with van der Waals surface area (Å²) in [5.41, 5.74) is -0.942. The molecule has 0 aromatic heterocycles. The van der Waals surface area contributed by atoms with Crippen LogP contribution in [0.4, 0.5) is 0 Å². The van der Waals surface area contributed by atoms with E-state index in [1.807, 2.05) is 20.8 Å². The Morgan fingerprint density at radius 1 is 1.24 bits per heavy atom. The Kier molecular flexibility index (Phi) is 6.61. The Hall–Kier alpha value is -1.14. The van der Waals surface area contributed by atoms with Crippen LogP contribution in [0.3, 0.4) is 0 Å². The van der Waals surface area contributed by atoms with Gasteiger partial charge < -0.3 is 20.4 Å². The average molecular weight is 300 g/mol. The quantitative estimate of drug-likeness (QED) is 0.650. The van der Waals surface area contributed by atoms with Crippen LogP contribution in [0.1, 0.15) is 40.0 Å². The molecule has 21 heavy (non-hydrogen) atoms. The zero-order valence-electron chi connectivity index (χ0n) is 13.3. The lowest BCUT2D eigenvalue weighted by Gasteiger charge is -2.35. The molecule has 1 aliphatic rings. The van der Waals surface area contributed by atoms with Crippen molar-refractivity contribution in [2.45, 2.75) is 45.6 Å². The normalized spacial score (nSPS) is 17.1. The van der Waals surface area contributed by atoms with Crippen LogP contribution in [0.25, 0.3) is 0 Å². The van der Waals surface area contributed by atoms with Gasteiger partial charge in [-0.2, -0.15) is 0 Å². The Morgan fingerprint density at radius 3 is 2.14 bits per heavy atom. The lowest BCUT2D eigenvalue weighted by Crippen LogP contribution is -2.56. The number of carbonyl (C=O) groups is 2. The van der Waals surface area contributed by atoms with Crippen molar-refractivity contribution in [1.29, 1.82) is 0 Å². The Labute approximate surface area is 126 Å². The van der Waals surface area contributed by atoms with Crippen molar-refractivity contribution < 1.29 is 19.8 Å². The molecule has 6 nitrogen and oxygen atoms in total. The summed E-state index contributed by atoms with van der Waals surface area (Å²) < 4.78 is 0. The highest BCUT2D eigenvalue weighted by Gasteiger charge is 2.33. The van der Waals surface area contributed by atoms with Crippen LogP contribution in [0.5, 0.6) is 0 Å². The number of hydrogen-bond donors (Lipinski definition) is 3. The van der Waals surface area contributed by atoms with Crippen LogP contribution in [0, 0.1) is 11.8 Å². The molecular formula is C15H28N2O4. The molecule has 0 aliphatic carbocycles. The zero-order chi connectivity index (χ0) is 16.0. The van der Waals surface area contributed by atoms with Gasteiger partial charge in [-0.1, -0.05) is 20.8 Å². The Morgan fingerprint density at radius 2 is 1.76 bits per heavy atom. The van der Waals surface area contributed by atoms with Gasteiger partial charge in [0.25, 0.3) is 0 Å². The fourth-order valence-electron chi connectivity index (χ4n) is 2.53. The Bertz CT molecular complexity index is 350. The maximum absolute atomic E-state index is 12.3. The predicted octanol–water partition coefficient (Wildman–Crippen LogP) is 0.131. The first-order valence-corrected chi connectivity index (χ1v) is 7.71. The van der Waals surface area contributed by atoms with Gasteiger partial charge in [-0.3, -0.25) is 9.59 Å². The number of nitrogens with zero attached hydrogens (tertiary/aromatic N) is 1.